The molecule has 2 aromatic carbocycles. The van der Waals surface area contributed by atoms with E-state index >= 15 is 0 Å². The number of benzene rings is 2. The van der Waals surface area contributed by atoms with Crippen molar-refractivity contribution in [3.63, 3.8) is 0 Å². The molecule has 0 aliphatic heterocycles. The van der Waals surface area contributed by atoms with Gasteiger partial charge in [0, 0.05) is 23.2 Å². The van der Waals surface area contributed by atoms with Crippen LogP contribution >= 0.6 is 0 Å². The Hall–Kier alpha value is -2.62. The molecule has 0 spiro atoms. The zero-order valence-electron chi connectivity index (χ0n) is 15.8. The highest BCUT2D eigenvalue weighted by molar-refractivity contribution is 5.97. The molecule has 2 saturated carbocycles. The number of aryl methyl sites for hydroxylation is 1. The molecule has 0 unspecified atom stereocenters. The van der Waals surface area contributed by atoms with Crippen LogP contribution in [0.4, 0.5) is 0 Å². The summed E-state index contributed by atoms with van der Waals surface area (Å²) in [5.41, 5.74) is 4.53. The maximum Gasteiger partial charge on any atom is 0.251 e. The first-order chi connectivity index (χ1) is 13.1. The van der Waals surface area contributed by atoms with Gasteiger partial charge in [0.2, 0.25) is 0 Å². The van der Waals surface area contributed by atoms with Crippen LogP contribution in [0.3, 0.4) is 0 Å². The molecule has 2 fully saturated rings. The van der Waals surface area contributed by atoms with Crippen LogP contribution in [0.15, 0.2) is 42.5 Å². The molecule has 4 heteroatoms. The molecule has 4 rings (SSSR count). The Balaban J connectivity index is 1.50. The number of hydrogen-bond donors (Lipinski definition) is 2. The summed E-state index contributed by atoms with van der Waals surface area (Å²) in [6.45, 7) is 2.04. The molecule has 2 aliphatic rings. The highest BCUT2D eigenvalue weighted by atomic mass is 16.2. The molecule has 140 valence electrons. The normalized spacial score (nSPS) is 16.9. The van der Waals surface area contributed by atoms with Crippen LogP contribution in [-0.2, 0) is 0 Å². The lowest BCUT2D eigenvalue weighted by atomic mass is 9.97. The molecule has 2 N–H and O–H groups in total. The van der Waals surface area contributed by atoms with Gasteiger partial charge in [0.15, 0.2) is 0 Å². The van der Waals surface area contributed by atoms with Crippen LogP contribution in [-0.4, -0.2) is 23.9 Å². The predicted molar refractivity (Wildman–Crippen MR) is 107 cm³/mol. The first-order valence-electron chi connectivity index (χ1n) is 9.93. The Bertz CT molecular complexity index is 847. The van der Waals surface area contributed by atoms with Crippen molar-refractivity contribution in [3.05, 3.63) is 59.2 Å². The fourth-order valence-corrected chi connectivity index (χ4v) is 3.71. The SMILES string of the molecule is Cc1ccc(C(=O)NC2CC2)cc1-c1ccc(C(=O)NC2CCCC2)cc1. The number of hydrogen-bond acceptors (Lipinski definition) is 2. The van der Waals surface area contributed by atoms with E-state index < -0.39 is 0 Å². The summed E-state index contributed by atoms with van der Waals surface area (Å²) >= 11 is 0. The van der Waals surface area contributed by atoms with E-state index in [0.29, 0.717) is 23.2 Å². The molecule has 0 heterocycles. The third-order valence-corrected chi connectivity index (χ3v) is 5.56. The summed E-state index contributed by atoms with van der Waals surface area (Å²) < 4.78 is 0. The van der Waals surface area contributed by atoms with Gasteiger partial charge < -0.3 is 10.6 Å². The lowest BCUT2D eigenvalue weighted by Gasteiger charge is -2.13. The second-order valence-electron chi connectivity index (χ2n) is 7.81. The number of nitrogens with one attached hydrogen (secondary N) is 2. The van der Waals surface area contributed by atoms with Gasteiger partial charge in [0.25, 0.3) is 11.8 Å². The van der Waals surface area contributed by atoms with E-state index in [2.05, 4.69) is 10.6 Å². The summed E-state index contributed by atoms with van der Waals surface area (Å²) in [5, 5.41) is 6.16. The van der Waals surface area contributed by atoms with E-state index in [9.17, 15) is 9.59 Å². The highest BCUT2D eigenvalue weighted by Gasteiger charge is 2.24. The first kappa shape index (κ1) is 17.8. The first-order valence-corrected chi connectivity index (χ1v) is 9.93. The molecule has 0 aromatic heterocycles. The third kappa shape index (κ3) is 4.21. The van der Waals surface area contributed by atoms with Crippen LogP contribution in [0, 0.1) is 6.92 Å². The predicted octanol–water partition coefficient (Wildman–Crippen LogP) is 4.23. The fraction of sp³-hybridized carbons (Fsp3) is 0.391. The minimum atomic E-state index is -0.00804. The van der Waals surface area contributed by atoms with Crippen molar-refractivity contribution in [2.24, 2.45) is 0 Å². The maximum absolute atomic E-state index is 12.4. The van der Waals surface area contributed by atoms with Gasteiger partial charge in [-0.15, -0.1) is 0 Å². The quantitative estimate of drug-likeness (QED) is 0.836. The van der Waals surface area contributed by atoms with Gasteiger partial charge in [-0.1, -0.05) is 31.0 Å². The molecular weight excluding hydrogens is 336 g/mol. The number of carbonyl (C=O) groups is 2. The summed E-state index contributed by atoms with van der Waals surface area (Å²) in [6.07, 6.45) is 6.72. The molecular formula is C23H26N2O2. The van der Waals surface area contributed by atoms with Crippen molar-refractivity contribution in [1.29, 1.82) is 0 Å². The van der Waals surface area contributed by atoms with E-state index in [0.717, 1.165) is 42.4 Å². The highest BCUT2D eigenvalue weighted by Crippen LogP contribution is 2.26. The Morgan fingerprint density at radius 3 is 1.96 bits per heavy atom. The van der Waals surface area contributed by atoms with Crippen LogP contribution < -0.4 is 10.6 Å². The van der Waals surface area contributed by atoms with Gasteiger partial charge in [-0.05, 0) is 73.6 Å². The maximum atomic E-state index is 12.4. The average Bonchev–Trinajstić information content (AvgIpc) is 3.34. The Kier molecular flexibility index (Phi) is 4.97. The van der Waals surface area contributed by atoms with Gasteiger partial charge in [0.1, 0.15) is 0 Å². The summed E-state index contributed by atoms with van der Waals surface area (Å²) in [4.78, 5) is 24.7. The summed E-state index contributed by atoms with van der Waals surface area (Å²) in [5.74, 6) is -0.00551. The van der Waals surface area contributed by atoms with Crippen molar-refractivity contribution in [1.82, 2.24) is 10.6 Å². The van der Waals surface area contributed by atoms with E-state index in [4.69, 9.17) is 0 Å². The Labute approximate surface area is 160 Å². The molecule has 2 amide bonds. The molecule has 0 atom stereocenters. The Morgan fingerprint density at radius 1 is 0.778 bits per heavy atom. The van der Waals surface area contributed by atoms with Crippen LogP contribution in [0.25, 0.3) is 11.1 Å². The van der Waals surface area contributed by atoms with Crippen molar-refractivity contribution < 1.29 is 9.59 Å². The monoisotopic (exact) mass is 362 g/mol. The van der Waals surface area contributed by atoms with Gasteiger partial charge >= 0.3 is 0 Å². The van der Waals surface area contributed by atoms with Gasteiger partial charge in [0.05, 0.1) is 0 Å². The lowest BCUT2D eigenvalue weighted by Crippen LogP contribution is -2.32. The van der Waals surface area contributed by atoms with Crippen molar-refractivity contribution in [2.75, 3.05) is 0 Å². The van der Waals surface area contributed by atoms with Crippen molar-refractivity contribution >= 4 is 11.8 Å². The van der Waals surface area contributed by atoms with E-state index in [1.165, 1.54) is 12.8 Å². The molecule has 0 bridgehead atoms. The van der Waals surface area contributed by atoms with Gasteiger partial charge in [-0.25, -0.2) is 0 Å². The van der Waals surface area contributed by atoms with E-state index in [-0.39, 0.29) is 11.8 Å². The largest absolute Gasteiger partial charge is 0.349 e. The van der Waals surface area contributed by atoms with Crippen LogP contribution in [0.1, 0.15) is 64.8 Å². The van der Waals surface area contributed by atoms with Crippen LogP contribution in [0.2, 0.25) is 0 Å². The molecule has 0 radical (unpaired) electrons. The third-order valence-electron chi connectivity index (χ3n) is 5.56. The van der Waals surface area contributed by atoms with Gasteiger partial charge in [-0.3, -0.25) is 9.59 Å². The average molecular weight is 362 g/mol. The fourth-order valence-electron chi connectivity index (χ4n) is 3.71. The minimum absolute atomic E-state index is 0.00253. The molecule has 2 aliphatic carbocycles. The van der Waals surface area contributed by atoms with Gasteiger partial charge in [-0.2, -0.15) is 0 Å². The Morgan fingerprint density at radius 2 is 1.33 bits per heavy atom. The topological polar surface area (TPSA) is 58.2 Å². The molecule has 2 aromatic rings. The number of rotatable bonds is 5. The zero-order chi connectivity index (χ0) is 18.8. The minimum Gasteiger partial charge on any atom is -0.349 e. The number of amides is 2. The molecule has 4 nitrogen and oxygen atoms in total. The second kappa shape index (κ2) is 7.55. The number of carbonyl (C=O) groups excluding carboxylic acids is 2. The van der Waals surface area contributed by atoms with Crippen molar-refractivity contribution in [3.8, 4) is 11.1 Å². The van der Waals surface area contributed by atoms with Crippen LogP contribution in [0.5, 0.6) is 0 Å². The standard InChI is InChI=1S/C23H26N2O2/c1-15-6-7-18(23(27)25-20-12-13-20)14-21(15)16-8-10-17(11-9-16)22(26)24-19-4-2-3-5-19/h6-11,14,19-20H,2-5,12-13H2,1H3,(H,24,26)(H,25,27). The lowest BCUT2D eigenvalue weighted by molar-refractivity contribution is 0.0934. The summed E-state index contributed by atoms with van der Waals surface area (Å²) in [7, 11) is 0. The smallest absolute Gasteiger partial charge is 0.251 e. The summed E-state index contributed by atoms with van der Waals surface area (Å²) in [6, 6.07) is 14.1. The van der Waals surface area contributed by atoms with Crippen molar-refractivity contribution in [2.45, 2.75) is 57.5 Å². The molecule has 27 heavy (non-hydrogen) atoms. The second-order valence-corrected chi connectivity index (χ2v) is 7.81. The van der Waals surface area contributed by atoms with E-state index in [1.54, 1.807) is 0 Å². The molecule has 0 saturated heterocycles. The zero-order valence-corrected chi connectivity index (χ0v) is 15.8. The van der Waals surface area contributed by atoms with E-state index in [1.807, 2.05) is 49.4 Å².